The Bertz CT molecular complexity index is 473. The monoisotopic (exact) mass is 246 g/mol. The molecule has 0 atom stereocenters. The number of methoxy groups -OCH3 is 1. The molecule has 2 heterocycles. The number of hydrogen-bond donors (Lipinski definition) is 2. The highest BCUT2D eigenvalue weighted by molar-refractivity contribution is 5.94. The van der Waals surface area contributed by atoms with E-state index in [1.165, 1.54) is 12.7 Å². The molecule has 0 amide bonds. The number of carbonyl (C=O) groups is 1. The fraction of sp³-hybridized carbons (Fsp3) is 0.500. The number of ether oxygens (including phenoxy) is 1. The van der Waals surface area contributed by atoms with E-state index in [1.54, 1.807) is 0 Å². The molecule has 1 spiro atoms. The van der Waals surface area contributed by atoms with E-state index in [0.29, 0.717) is 0 Å². The van der Waals surface area contributed by atoms with Crippen LogP contribution < -0.4 is 10.6 Å². The van der Waals surface area contributed by atoms with Crippen LogP contribution in [0.5, 0.6) is 0 Å². The van der Waals surface area contributed by atoms with Crippen LogP contribution in [0.3, 0.4) is 0 Å². The van der Waals surface area contributed by atoms with Crippen LogP contribution in [-0.4, -0.2) is 32.7 Å². The fourth-order valence-electron chi connectivity index (χ4n) is 3.24. The zero-order valence-corrected chi connectivity index (χ0v) is 10.6. The molecule has 3 rings (SSSR count). The molecule has 4 nitrogen and oxygen atoms in total. The molecule has 0 aromatic heterocycles. The van der Waals surface area contributed by atoms with Crippen LogP contribution >= 0.6 is 0 Å². The second kappa shape index (κ2) is 4.28. The third-order valence-corrected chi connectivity index (χ3v) is 4.18. The molecule has 1 aromatic carbocycles. The zero-order valence-electron chi connectivity index (χ0n) is 10.6. The van der Waals surface area contributed by atoms with E-state index in [-0.39, 0.29) is 11.4 Å². The Morgan fingerprint density at radius 1 is 1.33 bits per heavy atom. The van der Waals surface area contributed by atoms with E-state index in [4.69, 9.17) is 4.74 Å². The molecule has 1 saturated heterocycles. The van der Waals surface area contributed by atoms with Gasteiger partial charge in [0, 0.05) is 17.6 Å². The number of benzene rings is 1. The number of nitrogens with one attached hydrogen (secondary N) is 2. The number of fused-ring (bicyclic) bond motifs is 2. The SMILES string of the molecule is COC(=O)c1cccc2c1C1(CCNCC1)CN2. The molecule has 2 N–H and O–H groups in total. The van der Waals surface area contributed by atoms with E-state index in [9.17, 15) is 4.79 Å². The van der Waals surface area contributed by atoms with Crippen molar-refractivity contribution < 1.29 is 9.53 Å². The van der Waals surface area contributed by atoms with Gasteiger partial charge in [-0.15, -0.1) is 0 Å². The molecule has 1 aromatic rings. The summed E-state index contributed by atoms with van der Waals surface area (Å²) in [4.78, 5) is 11.9. The Morgan fingerprint density at radius 2 is 2.11 bits per heavy atom. The average Bonchev–Trinajstić information content (AvgIpc) is 2.78. The largest absolute Gasteiger partial charge is 0.465 e. The zero-order chi connectivity index (χ0) is 12.6. The van der Waals surface area contributed by atoms with Gasteiger partial charge in [-0.2, -0.15) is 0 Å². The van der Waals surface area contributed by atoms with Crippen molar-refractivity contribution >= 4 is 11.7 Å². The molecule has 0 saturated carbocycles. The Labute approximate surface area is 107 Å². The van der Waals surface area contributed by atoms with E-state index >= 15 is 0 Å². The average molecular weight is 246 g/mol. The van der Waals surface area contributed by atoms with Crippen LogP contribution in [0, 0.1) is 0 Å². The van der Waals surface area contributed by atoms with Crippen LogP contribution in [0.15, 0.2) is 18.2 Å². The molecular formula is C14H18N2O2. The minimum absolute atomic E-state index is 0.103. The van der Waals surface area contributed by atoms with Crippen molar-refractivity contribution in [3.8, 4) is 0 Å². The Kier molecular flexibility index (Phi) is 2.74. The van der Waals surface area contributed by atoms with Gasteiger partial charge in [0.15, 0.2) is 0 Å². The first-order valence-corrected chi connectivity index (χ1v) is 6.43. The Hall–Kier alpha value is -1.55. The highest BCUT2D eigenvalue weighted by Gasteiger charge is 2.42. The van der Waals surface area contributed by atoms with Gasteiger partial charge < -0.3 is 15.4 Å². The maximum absolute atomic E-state index is 11.9. The van der Waals surface area contributed by atoms with Crippen LogP contribution in [0.2, 0.25) is 0 Å². The topological polar surface area (TPSA) is 50.4 Å². The Morgan fingerprint density at radius 3 is 2.83 bits per heavy atom. The van der Waals surface area contributed by atoms with Gasteiger partial charge >= 0.3 is 5.97 Å². The van der Waals surface area contributed by atoms with Crippen molar-refractivity contribution in [2.24, 2.45) is 0 Å². The number of esters is 1. The minimum Gasteiger partial charge on any atom is -0.465 e. The number of carbonyl (C=O) groups excluding carboxylic acids is 1. The first-order valence-electron chi connectivity index (χ1n) is 6.43. The lowest BCUT2D eigenvalue weighted by atomic mass is 9.73. The van der Waals surface area contributed by atoms with Gasteiger partial charge in [0.25, 0.3) is 0 Å². The predicted molar refractivity (Wildman–Crippen MR) is 70.1 cm³/mol. The van der Waals surface area contributed by atoms with Gasteiger partial charge in [-0.3, -0.25) is 0 Å². The van der Waals surface area contributed by atoms with Crippen molar-refractivity contribution in [3.05, 3.63) is 29.3 Å². The van der Waals surface area contributed by atoms with E-state index in [2.05, 4.69) is 16.7 Å². The van der Waals surface area contributed by atoms with Crippen molar-refractivity contribution in [1.82, 2.24) is 5.32 Å². The van der Waals surface area contributed by atoms with E-state index in [1.807, 2.05) is 12.1 Å². The molecular weight excluding hydrogens is 228 g/mol. The fourth-order valence-corrected chi connectivity index (χ4v) is 3.24. The molecule has 18 heavy (non-hydrogen) atoms. The minimum atomic E-state index is -0.228. The molecule has 0 aliphatic carbocycles. The molecule has 0 bridgehead atoms. The third kappa shape index (κ3) is 1.60. The lowest BCUT2D eigenvalue weighted by Gasteiger charge is -2.34. The summed E-state index contributed by atoms with van der Waals surface area (Å²) in [5, 5.41) is 6.83. The second-order valence-electron chi connectivity index (χ2n) is 5.10. The molecule has 0 radical (unpaired) electrons. The van der Waals surface area contributed by atoms with Crippen LogP contribution in [-0.2, 0) is 10.2 Å². The van der Waals surface area contributed by atoms with Gasteiger partial charge in [0.05, 0.1) is 12.7 Å². The second-order valence-corrected chi connectivity index (χ2v) is 5.10. The summed E-state index contributed by atoms with van der Waals surface area (Å²) in [6.45, 7) is 2.95. The predicted octanol–water partition coefficient (Wildman–Crippen LogP) is 1.52. The summed E-state index contributed by atoms with van der Waals surface area (Å²) in [6, 6.07) is 5.85. The maximum atomic E-state index is 11.9. The number of hydrogen-bond acceptors (Lipinski definition) is 4. The number of rotatable bonds is 1. The van der Waals surface area contributed by atoms with E-state index < -0.39 is 0 Å². The van der Waals surface area contributed by atoms with Crippen molar-refractivity contribution in [2.75, 3.05) is 32.1 Å². The lowest BCUT2D eigenvalue weighted by molar-refractivity contribution is 0.0597. The summed E-state index contributed by atoms with van der Waals surface area (Å²) < 4.78 is 4.91. The van der Waals surface area contributed by atoms with Crippen molar-refractivity contribution in [2.45, 2.75) is 18.3 Å². The van der Waals surface area contributed by atoms with Gasteiger partial charge in [0.2, 0.25) is 0 Å². The molecule has 0 unspecified atom stereocenters. The van der Waals surface area contributed by atoms with Gasteiger partial charge in [-0.25, -0.2) is 4.79 Å². The van der Waals surface area contributed by atoms with Gasteiger partial charge in [-0.05, 0) is 43.6 Å². The lowest BCUT2D eigenvalue weighted by Crippen LogP contribution is -2.41. The molecule has 4 heteroatoms. The smallest absolute Gasteiger partial charge is 0.338 e. The third-order valence-electron chi connectivity index (χ3n) is 4.18. The molecule has 1 fully saturated rings. The standard InChI is InChI=1S/C14H18N2O2/c1-18-13(17)10-3-2-4-11-12(10)14(9-16-11)5-7-15-8-6-14/h2-4,15-16H,5-9H2,1H3. The number of anilines is 1. The highest BCUT2D eigenvalue weighted by atomic mass is 16.5. The normalized spacial score (nSPS) is 20.3. The molecule has 2 aliphatic heterocycles. The number of piperidine rings is 1. The van der Waals surface area contributed by atoms with Crippen LogP contribution in [0.1, 0.15) is 28.8 Å². The summed E-state index contributed by atoms with van der Waals surface area (Å²) in [5.41, 5.74) is 3.09. The summed E-state index contributed by atoms with van der Waals surface area (Å²) in [5.74, 6) is -0.228. The van der Waals surface area contributed by atoms with Crippen molar-refractivity contribution in [3.63, 3.8) is 0 Å². The van der Waals surface area contributed by atoms with E-state index in [0.717, 1.165) is 43.7 Å². The molecule has 96 valence electrons. The maximum Gasteiger partial charge on any atom is 0.338 e. The molecule has 2 aliphatic rings. The summed E-state index contributed by atoms with van der Waals surface area (Å²) in [6.07, 6.45) is 2.14. The van der Waals surface area contributed by atoms with Crippen molar-refractivity contribution in [1.29, 1.82) is 0 Å². The highest BCUT2D eigenvalue weighted by Crippen LogP contribution is 2.44. The Balaban J connectivity index is 2.10. The van der Waals surface area contributed by atoms with Gasteiger partial charge in [-0.1, -0.05) is 6.07 Å². The quantitative estimate of drug-likeness (QED) is 0.738. The first kappa shape index (κ1) is 11.5. The van der Waals surface area contributed by atoms with Crippen LogP contribution in [0.4, 0.5) is 5.69 Å². The summed E-state index contributed by atoms with van der Waals surface area (Å²) >= 11 is 0. The van der Waals surface area contributed by atoms with Gasteiger partial charge in [0.1, 0.15) is 0 Å². The summed E-state index contributed by atoms with van der Waals surface area (Å²) in [7, 11) is 1.44. The van der Waals surface area contributed by atoms with Crippen LogP contribution in [0.25, 0.3) is 0 Å². The first-order chi connectivity index (χ1) is 8.77.